The van der Waals surface area contributed by atoms with Gasteiger partial charge in [-0.05, 0) is 13.8 Å². The molecule has 0 saturated heterocycles. The Hall–Kier alpha value is -3.30. The zero-order valence-corrected chi connectivity index (χ0v) is 12.3. The molecule has 23 heavy (non-hydrogen) atoms. The first-order valence-electron chi connectivity index (χ1n) is 6.72. The lowest BCUT2D eigenvalue weighted by molar-refractivity contribution is -0.384. The van der Waals surface area contributed by atoms with Crippen molar-refractivity contribution >= 4 is 17.3 Å². The number of nitrogens with zero attached hydrogens (tertiary/aromatic N) is 6. The maximum Gasteiger partial charge on any atom is 0.343 e. The fourth-order valence-corrected chi connectivity index (χ4v) is 2.14. The largest absolute Gasteiger partial charge is 0.462 e. The molecule has 0 aliphatic heterocycles. The first-order chi connectivity index (χ1) is 11.0. The quantitative estimate of drug-likeness (QED) is 0.404. The number of esters is 1. The lowest BCUT2D eigenvalue weighted by Crippen LogP contribution is -2.06. The van der Waals surface area contributed by atoms with E-state index in [0.29, 0.717) is 22.6 Å². The summed E-state index contributed by atoms with van der Waals surface area (Å²) in [6.07, 6.45) is 5.44. The Bertz CT molecular complexity index is 912. The second kappa shape index (κ2) is 5.48. The smallest absolute Gasteiger partial charge is 0.343 e. The van der Waals surface area contributed by atoms with Gasteiger partial charge in [0.05, 0.1) is 29.6 Å². The summed E-state index contributed by atoms with van der Waals surface area (Å²) in [6.45, 7) is 3.65. The summed E-state index contributed by atoms with van der Waals surface area (Å²) < 4.78 is 7.73. The molecule has 3 heterocycles. The molecule has 10 nitrogen and oxygen atoms in total. The molecule has 118 valence electrons. The number of carbonyl (C=O) groups is 1. The molecule has 0 amide bonds. The Labute approximate surface area is 129 Å². The molecule has 0 spiro atoms. The van der Waals surface area contributed by atoms with Gasteiger partial charge in [0.2, 0.25) is 0 Å². The molecule has 0 bridgehead atoms. The van der Waals surface area contributed by atoms with Gasteiger partial charge in [-0.2, -0.15) is 10.2 Å². The highest BCUT2D eigenvalue weighted by Crippen LogP contribution is 2.17. The minimum atomic E-state index is -0.535. The van der Waals surface area contributed by atoms with Gasteiger partial charge >= 0.3 is 11.7 Å². The SMILES string of the molecule is CCOC(=O)c1c(C)nn2cc(-n3cc([N+](=O)[O-])cn3)cnc12. The standard InChI is InChI=1S/C13H12N6O4/c1-3-23-13(20)11-8(2)16-18-6-9(4-14-12(11)18)17-7-10(5-15-17)19(21)22/h4-7H,3H2,1-2H3. The van der Waals surface area contributed by atoms with Crippen molar-refractivity contribution in [2.75, 3.05) is 6.61 Å². The number of aryl methyl sites for hydroxylation is 1. The number of aromatic nitrogens is 5. The molecule has 3 rings (SSSR count). The lowest BCUT2D eigenvalue weighted by atomic mass is 10.2. The minimum absolute atomic E-state index is 0.131. The third-order valence-electron chi connectivity index (χ3n) is 3.16. The van der Waals surface area contributed by atoms with E-state index in [4.69, 9.17) is 4.74 Å². The monoisotopic (exact) mass is 316 g/mol. The van der Waals surface area contributed by atoms with Crippen molar-refractivity contribution in [1.29, 1.82) is 0 Å². The van der Waals surface area contributed by atoms with Crippen molar-refractivity contribution in [1.82, 2.24) is 24.4 Å². The van der Waals surface area contributed by atoms with Crippen molar-refractivity contribution in [3.63, 3.8) is 0 Å². The van der Waals surface area contributed by atoms with Crippen LogP contribution in [0.4, 0.5) is 5.69 Å². The maximum absolute atomic E-state index is 12.0. The van der Waals surface area contributed by atoms with Gasteiger partial charge in [0.25, 0.3) is 0 Å². The average Bonchev–Trinajstić information content (AvgIpc) is 3.10. The first-order valence-corrected chi connectivity index (χ1v) is 6.72. The highest BCUT2D eigenvalue weighted by atomic mass is 16.6. The molecule has 0 aromatic carbocycles. The van der Waals surface area contributed by atoms with E-state index in [0.717, 1.165) is 6.20 Å². The average molecular weight is 316 g/mol. The van der Waals surface area contributed by atoms with Crippen LogP contribution in [0.25, 0.3) is 11.3 Å². The van der Waals surface area contributed by atoms with Crippen molar-refractivity contribution in [3.05, 3.63) is 46.2 Å². The van der Waals surface area contributed by atoms with Gasteiger partial charge in [0, 0.05) is 0 Å². The highest BCUT2D eigenvalue weighted by molar-refractivity contribution is 5.97. The van der Waals surface area contributed by atoms with E-state index >= 15 is 0 Å². The molecule has 0 saturated carbocycles. The molecule has 0 atom stereocenters. The summed E-state index contributed by atoms with van der Waals surface area (Å²) in [7, 11) is 0. The molecule has 0 aliphatic rings. The van der Waals surface area contributed by atoms with Crippen LogP contribution in [-0.4, -0.2) is 41.9 Å². The zero-order chi connectivity index (χ0) is 16.6. The Morgan fingerprint density at radius 2 is 2.17 bits per heavy atom. The highest BCUT2D eigenvalue weighted by Gasteiger charge is 2.20. The summed E-state index contributed by atoms with van der Waals surface area (Å²) in [4.78, 5) is 26.3. The third kappa shape index (κ3) is 2.50. The van der Waals surface area contributed by atoms with Crippen LogP contribution in [0.15, 0.2) is 24.8 Å². The minimum Gasteiger partial charge on any atom is -0.462 e. The molecule has 0 fully saturated rings. The van der Waals surface area contributed by atoms with E-state index in [9.17, 15) is 14.9 Å². The summed E-state index contributed by atoms with van der Waals surface area (Å²) in [5.41, 5.74) is 1.48. The molecule has 0 radical (unpaired) electrons. The fraction of sp³-hybridized carbons (Fsp3) is 0.231. The van der Waals surface area contributed by atoms with E-state index < -0.39 is 10.9 Å². The van der Waals surface area contributed by atoms with Crippen LogP contribution in [0.3, 0.4) is 0 Å². The van der Waals surface area contributed by atoms with Crippen molar-refractivity contribution in [2.24, 2.45) is 0 Å². The van der Waals surface area contributed by atoms with Gasteiger partial charge in [0.15, 0.2) is 5.65 Å². The first kappa shape index (κ1) is 14.6. The lowest BCUT2D eigenvalue weighted by Gasteiger charge is -2.02. The predicted molar refractivity (Wildman–Crippen MR) is 77.5 cm³/mol. The van der Waals surface area contributed by atoms with Gasteiger partial charge in [-0.3, -0.25) is 10.1 Å². The van der Waals surface area contributed by atoms with Crippen LogP contribution < -0.4 is 0 Å². The number of hydrogen-bond donors (Lipinski definition) is 0. The molecule has 10 heteroatoms. The van der Waals surface area contributed by atoms with Crippen LogP contribution in [0.1, 0.15) is 23.0 Å². The Kier molecular flexibility index (Phi) is 3.48. The molecular weight excluding hydrogens is 304 g/mol. The van der Waals surface area contributed by atoms with Crippen LogP contribution in [0.2, 0.25) is 0 Å². The molecule has 3 aromatic heterocycles. The van der Waals surface area contributed by atoms with Crippen LogP contribution in [0.5, 0.6) is 0 Å². The molecule has 0 N–H and O–H groups in total. The van der Waals surface area contributed by atoms with E-state index in [2.05, 4.69) is 15.2 Å². The van der Waals surface area contributed by atoms with E-state index in [1.807, 2.05) is 0 Å². The number of hydrogen-bond acceptors (Lipinski definition) is 7. The number of rotatable bonds is 4. The Morgan fingerprint density at radius 1 is 1.39 bits per heavy atom. The summed E-state index contributed by atoms with van der Waals surface area (Å²) in [5, 5.41) is 18.8. The topological polar surface area (TPSA) is 117 Å². The maximum atomic E-state index is 12.0. The fourth-order valence-electron chi connectivity index (χ4n) is 2.14. The van der Waals surface area contributed by atoms with Crippen LogP contribution in [0, 0.1) is 17.0 Å². The van der Waals surface area contributed by atoms with Gasteiger partial charge < -0.3 is 4.74 Å². The number of fused-ring (bicyclic) bond motifs is 1. The molecule has 3 aromatic rings. The van der Waals surface area contributed by atoms with Crippen molar-refractivity contribution in [3.8, 4) is 5.69 Å². The van der Waals surface area contributed by atoms with Gasteiger partial charge in [-0.15, -0.1) is 0 Å². The third-order valence-corrected chi connectivity index (χ3v) is 3.16. The second-order valence-electron chi connectivity index (χ2n) is 4.66. The van der Waals surface area contributed by atoms with Gasteiger partial charge in [0.1, 0.15) is 23.6 Å². The summed E-state index contributed by atoms with van der Waals surface area (Å²) in [5.74, 6) is -0.491. The Balaban J connectivity index is 2.06. The molecular formula is C13H12N6O4. The van der Waals surface area contributed by atoms with Crippen LogP contribution >= 0.6 is 0 Å². The van der Waals surface area contributed by atoms with E-state index in [1.54, 1.807) is 20.0 Å². The zero-order valence-electron chi connectivity index (χ0n) is 12.3. The van der Waals surface area contributed by atoms with Crippen LogP contribution in [-0.2, 0) is 4.74 Å². The summed E-state index contributed by atoms with van der Waals surface area (Å²) >= 11 is 0. The molecule has 0 unspecified atom stereocenters. The van der Waals surface area contributed by atoms with Gasteiger partial charge in [-0.1, -0.05) is 0 Å². The Morgan fingerprint density at radius 3 is 2.83 bits per heavy atom. The van der Waals surface area contributed by atoms with E-state index in [-0.39, 0.29) is 12.3 Å². The number of nitro groups is 1. The van der Waals surface area contributed by atoms with E-state index in [1.165, 1.54) is 21.6 Å². The normalized spacial score (nSPS) is 10.9. The summed E-state index contributed by atoms with van der Waals surface area (Å²) in [6, 6.07) is 0. The van der Waals surface area contributed by atoms with Crippen molar-refractivity contribution < 1.29 is 14.5 Å². The second-order valence-corrected chi connectivity index (χ2v) is 4.66. The number of carbonyl (C=O) groups excluding carboxylic acids is 1. The number of ether oxygens (including phenoxy) is 1. The molecule has 0 aliphatic carbocycles. The van der Waals surface area contributed by atoms with Gasteiger partial charge in [-0.25, -0.2) is 19.0 Å². The predicted octanol–water partition coefficient (Wildman–Crippen LogP) is 1.31. The van der Waals surface area contributed by atoms with Crippen molar-refractivity contribution in [2.45, 2.75) is 13.8 Å².